The first-order valence-electron chi connectivity index (χ1n) is 11.7. The van der Waals surface area contributed by atoms with Crippen molar-refractivity contribution in [1.29, 1.82) is 0 Å². The molecular formula is C25H31N3O5S. The monoisotopic (exact) mass is 485 g/mol. The molecule has 0 bridgehead atoms. The van der Waals surface area contributed by atoms with Gasteiger partial charge in [0.05, 0.1) is 11.6 Å². The number of carbonyl (C=O) groups excluding carboxylic acids is 3. The lowest BCUT2D eigenvalue weighted by atomic mass is 9.88. The Labute approximate surface area is 203 Å². The summed E-state index contributed by atoms with van der Waals surface area (Å²) >= 11 is 1.29. The molecule has 1 N–H and O–H groups in total. The number of nitrogens with one attached hydrogen (secondary N) is 1. The summed E-state index contributed by atoms with van der Waals surface area (Å²) in [5.41, 5.74) is 0.734. The number of aromatic nitrogens is 1. The van der Waals surface area contributed by atoms with Crippen molar-refractivity contribution < 1.29 is 23.9 Å². The second kappa shape index (κ2) is 10.1. The summed E-state index contributed by atoms with van der Waals surface area (Å²) in [6.45, 7) is 6.68. The van der Waals surface area contributed by atoms with E-state index in [0.717, 1.165) is 18.4 Å². The van der Waals surface area contributed by atoms with Crippen LogP contribution in [0.5, 0.6) is 0 Å². The van der Waals surface area contributed by atoms with Crippen LogP contribution in [0.15, 0.2) is 35.7 Å². The summed E-state index contributed by atoms with van der Waals surface area (Å²) in [6.07, 6.45) is 2.15. The molecule has 0 saturated carbocycles. The molecule has 3 heterocycles. The highest BCUT2D eigenvalue weighted by molar-refractivity contribution is 7.14. The van der Waals surface area contributed by atoms with E-state index >= 15 is 0 Å². The van der Waals surface area contributed by atoms with Gasteiger partial charge in [0.2, 0.25) is 5.91 Å². The van der Waals surface area contributed by atoms with Crippen LogP contribution in [0.3, 0.4) is 0 Å². The average molecular weight is 486 g/mol. The third-order valence-corrected chi connectivity index (χ3v) is 7.08. The van der Waals surface area contributed by atoms with Crippen LogP contribution in [-0.2, 0) is 31.3 Å². The molecule has 1 aromatic heterocycles. The van der Waals surface area contributed by atoms with Crippen molar-refractivity contribution in [3.05, 3.63) is 47.0 Å². The molecule has 9 heteroatoms. The Morgan fingerprint density at radius 2 is 2.09 bits per heavy atom. The van der Waals surface area contributed by atoms with E-state index < -0.39 is 17.7 Å². The molecule has 2 amide bonds. The predicted octanol–water partition coefficient (Wildman–Crippen LogP) is 4.71. The van der Waals surface area contributed by atoms with Gasteiger partial charge in [-0.25, -0.2) is 9.78 Å². The van der Waals surface area contributed by atoms with Crippen LogP contribution in [-0.4, -0.2) is 40.4 Å². The minimum Gasteiger partial charge on any atom is -0.453 e. The lowest BCUT2D eigenvalue weighted by molar-refractivity contribution is -0.150. The molecule has 8 nitrogen and oxygen atoms in total. The third-order valence-electron chi connectivity index (χ3n) is 6.32. The maximum Gasteiger partial charge on any atom is 0.410 e. The van der Waals surface area contributed by atoms with E-state index in [9.17, 15) is 14.4 Å². The van der Waals surface area contributed by atoms with Gasteiger partial charge < -0.3 is 14.8 Å². The van der Waals surface area contributed by atoms with Gasteiger partial charge in [0, 0.05) is 18.3 Å². The standard InChI is InChI=1S/C25H31N3O5S/c1-16(2)12-18-13-25(3,33-22(18)30)20-15-34-23(26-20)27-21(29)19-10-7-11-28(19)24(31)32-14-17-8-5-4-6-9-17/h4-6,8-9,15-16,18-19H,7,10-14H2,1-3H3,(H,26,27,29)/t18?,19-,25?/m0/s1. The molecule has 3 atom stereocenters. The molecule has 2 saturated heterocycles. The Morgan fingerprint density at radius 1 is 1.32 bits per heavy atom. The van der Waals surface area contributed by atoms with Gasteiger partial charge in [-0.15, -0.1) is 11.3 Å². The zero-order chi connectivity index (χ0) is 24.3. The molecule has 4 rings (SSSR count). The number of hydrogen-bond donors (Lipinski definition) is 1. The van der Waals surface area contributed by atoms with Gasteiger partial charge >= 0.3 is 12.1 Å². The summed E-state index contributed by atoms with van der Waals surface area (Å²) in [4.78, 5) is 43.9. The number of anilines is 1. The molecule has 0 spiro atoms. The fraction of sp³-hybridized carbons (Fsp3) is 0.520. The smallest absolute Gasteiger partial charge is 0.410 e. The van der Waals surface area contributed by atoms with Crippen molar-refractivity contribution in [2.24, 2.45) is 11.8 Å². The van der Waals surface area contributed by atoms with Gasteiger partial charge in [-0.2, -0.15) is 0 Å². The Balaban J connectivity index is 1.35. The Bertz CT molecular complexity index is 1040. The maximum absolute atomic E-state index is 13.0. The molecule has 0 aliphatic carbocycles. The van der Waals surface area contributed by atoms with Crippen molar-refractivity contribution in [2.75, 3.05) is 11.9 Å². The van der Waals surface area contributed by atoms with Crippen LogP contribution in [0.1, 0.15) is 57.7 Å². The average Bonchev–Trinajstić information content (AvgIpc) is 3.53. The minimum atomic E-state index is -0.795. The van der Waals surface area contributed by atoms with Crippen LogP contribution in [0.4, 0.5) is 9.93 Å². The largest absolute Gasteiger partial charge is 0.453 e. The molecule has 182 valence electrons. The number of likely N-dealkylation sites (tertiary alicyclic amines) is 1. The van der Waals surface area contributed by atoms with E-state index in [0.29, 0.717) is 36.1 Å². The van der Waals surface area contributed by atoms with Gasteiger partial charge in [-0.1, -0.05) is 44.2 Å². The highest BCUT2D eigenvalue weighted by atomic mass is 32.1. The summed E-state index contributed by atoms with van der Waals surface area (Å²) in [5, 5.41) is 5.08. The van der Waals surface area contributed by atoms with Gasteiger partial charge in [-0.3, -0.25) is 14.5 Å². The highest BCUT2D eigenvalue weighted by Crippen LogP contribution is 2.42. The summed E-state index contributed by atoms with van der Waals surface area (Å²) < 4.78 is 11.1. The number of amides is 2. The summed E-state index contributed by atoms with van der Waals surface area (Å²) in [5.74, 6) is -0.218. The van der Waals surface area contributed by atoms with Crippen molar-refractivity contribution in [1.82, 2.24) is 9.88 Å². The molecule has 2 aromatic rings. The topological polar surface area (TPSA) is 97.8 Å². The predicted molar refractivity (Wildman–Crippen MR) is 128 cm³/mol. The first-order valence-corrected chi connectivity index (χ1v) is 12.6. The molecule has 2 unspecified atom stereocenters. The number of benzene rings is 1. The maximum atomic E-state index is 13.0. The zero-order valence-electron chi connectivity index (χ0n) is 19.8. The molecule has 0 radical (unpaired) electrons. The molecule has 2 aliphatic heterocycles. The van der Waals surface area contributed by atoms with Crippen LogP contribution in [0.2, 0.25) is 0 Å². The van der Waals surface area contributed by atoms with Gasteiger partial charge in [0.1, 0.15) is 12.6 Å². The van der Waals surface area contributed by atoms with Gasteiger partial charge in [-0.05, 0) is 37.7 Å². The number of ether oxygens (including phenoxy) is 2. The molecule has 2 fully saturated rings. The normalized spacial score (nSPS) is 24.4. The fourth-order valence-electron chi connectivity index (χ4n) is 4.63. The first-order chi connectivity index (χ1) is 16.2. The van der Waals surface area contributed by atoms with E-state index in [1.54, 1.807) is 0 Å². The number of esters is 1. The Morgan fingerprint density at radius 3 is 2.82 bits per heavy atom. The second-order valence-electron chi connectivity index (χ2n) is 9.60. The first kappa shape index (κ1) is 24.2. The SMILES string of the molecule is CC(C)CC1CC(C)(c2csc(NC(=O)[C@@H]3CCCN3C(=O)OCc3ccccc3)n2)OC1=O. The number of nitrogens with zero attached hydrogens (tertiary/aromatic N) is 2. The molecular weight excluding hydrogens is 454 g/mol. The van der Waals surface area contributed by atoms with E-state index in [4.69, 9.17) is 9.47 Å². The Hall–Kier alpha value is -2.94. The number of hydrogen-bond acceptors (Lipinski definition) is 7. The van der Waals surface area contributed by atoms with E-state index in [-0.39, 0.29) is 24.4 Å². The third kappa shape index (κ3) is 5.41. The van der Waals surface area contributed by atoms with E-state index in [1.807, 2.05) is 42.6 Å². The van der Waals surface area contributed by atoms with Crippen molar-refractivity contribution in [2.45, 2.75) is 64.7 Å². The zero-order valence-corrected chi connectivity index (χ0v) is 20.6. The quantitative estimate of drug-likeness (QED) is 0.571. The lowest BCUT2D eigenvalue weighted by Crippen LogP contribution is -2.43. The van der Waals surface area contributed by atoms with E-state index in [2.05, 4.69) is 24.1 Å². The highest BCUT2D eigenvalue weighted by Gasteiger charge is 2.46. The van der Waals surface area contributed by atoms with Gasteiger partial charge in [0.25, 0.3) is 0 Å². The molecule has 1 aromatic carbocycles. The summed E-state index contributed by atoms with van der Waals surface area (Å²) in [6, 6.07) is 8.83. The Kier molecular flexibility index (Phi) is 7.21. The summed E-state index contributed by atoms with van der Waals surface area (Å²) in [7, 11) is 0. The van der Waals surface area contributed by atoms with Crippen LogP contribution >= 0.6 is 11.3 Å². The number of thiazole rings is 1. The fourth-order valence-corrected chi connectivity index (χ4v) is 5.46. The van der Waals surface area contributed by atoms with Crippen LogP contribution in [0.25, 0.3) is 0 Å². The lowest BCUT2D eigenvalue weighted by Gasteiger charge is -2.23. The second-order valence-corrected chi connectivity index (χ2v) is 10.5. The van der Waals surface area contributed by atoms with Crippen LogP contribution in [0, 0.1) is 11.8 Å². The molecule has 34 heavy (non-hydrogen) atoms. The number of cyclic esters (lactones) is 1. The number of carbonyl (C=O) groups is 3. The molecule has 2 aliphatic rings. The van der Waals surface area contributed by atoms with Crippen LogP contribution < -0.4 is 5.32 Å². The van der Waals surface area contributed by atoms with Crippen molar-refractivity contribution >= 4 is 34.4 Å². The minimum absolute atomic E-state index is 0.140. The van der Waals surface area contributed by atoms with E-state index in [1.165, 1.54) is 16.2 Å². The number of rotatable bonds is 7. The van der Waals surface area contributed by atoms with Gasteiger partial charge in [0.15, 0.2) is 10.7 Å². The van der Waals surface area contributed by atoms with Crippen molar-refractivity contribution in [3.63, 3.8) is 0 Å². The van der Waals surface area contributed by atoms with Crippen molar-refractivity contribution in [3.8, 4) is 0 Å².